The molecule has 6 heteroatoms. The van der Waals surface area contributed by atoms with Gasteiger partial charge in [0.05, 0.1) is 11.2 Å². The third-order valence-electron chi connectivity index (χ3n) is 5.79. The molecule has 3 aromatic heterocycles. The summed E-state index contributed by atoms with van der Waals surface area (Å²) in [6, 6.07) is 14.5. The molecule has 0 bridgehead atoms. The second kappa shape index (κ2) is 6.19. The van der Waals surface area contributed by atoms with E-state index in [0.29, 0.717) is 5.82 Å². The van der Waals surface area contributed by atoms with Crippen molar-refractivity contribution in [3.63, 3.8) is 0 Å². The number of rotatable bonds is 3. The van der Waals surface area contributed by atoms with Crippen molar-refractivity contribution in [1.82, 2.24) is 24.5 Å². The molecule has 4 aromatic rings. The summed E-state index contributed by atoms with van der Waals surface area (Å²) in [5.74, 6) is 1.47. The number of benzene rings is 1. The Labute approximate surface area is 169 Å². The molecule has 1 aromatic carbocycles. The molecule has 146 valence electrons. The molecule has 0 saturated carbocycles. The molecular formula is C23H23N5O. The molecule has 5 rings (SSSR count). The fraction of sp³-hybridized carbons (Fsp3) is 0.304. The number of hydrogen-bond acceptors (Lipinski definition) is 5. The van der Waals surface area contributed by atoms with Gasteiger partial charge < -0.3 is 9.67 Å². The Morgan fingerprint density at radius 1 is 1.00 bits per heavy atom. The minimum Gasteiger partial charge on any atom is -0.382 e. The maximum Gasteiger partial charge on any atom is 0.161 e. The minimum absolute atomic E-state index is 0.168. The van der Waals surface area contributed by atoms with E-state index in [9.17, 15) is 5.11 Å². The van der Waals surface area contributed by atoms with E-state index in [2.05, 4.69) is 45.7 Å². The van der Waals surface area contributed by atoms with Crippen LogP contribution in [0.3, 0.4) is 0 Å². The van der Waals surface area contributed by atoms with E-state index in [1.165, 1.54) is 5.56 Å². The third kappa shape index (κ3) is 2.83. The highest BCUT2D eigenvalue weighted by Gasteiger charge is 2.38. The van der Waals surface area contributed by atoms with Gasteiger partial charge in [0.15, 0.2) is 11.5 Å². The standard InChI is InChI=1S/C23H23N5O/c1-22(2,29)21-24-13-15(14-25-21)17-9-10-18-20(27-17)28-19(26-18)11-12-23(28,3)16-7-5-4-6-8-16/h4-10,13-14,29H,11-12H2,1-3H3/t23-/m1/s1. The van der Waals surface area contributed by atoms with Crippen LogP contribution >= 0.6 is 0 Å². The van der Waals surface area contributed by atoms with Gasteiger partial charge in [-0.25, -0.2) is 19.9 Å². The number of hydrogen-bond donors (Lipinski definition) is 1. The maximum absolute atomic E-state index is 10.1. The molecule has 29 heavy (non-hydrogen) atoms. The molecule has 4 heterocycles. The number of aromatic nitrogens is 5. The van der Waals surface area contributed by atoms with Crippen LogP contribution in [-0.2, 0) is 17.6 Å². The van der Waals surface area contributed by atoms with E-state index < -0.39 is 5.60 Å². The summed E-state index contributed by atoms with van der Waals surface area (Å²) >= 11 is 0. The molecule has 0 radical (unpaired) electrons. The van der Waals surface area contributed by atoms with Gasteiger partial charge in [0.2, 0.25) is 0 Å². The highest BCUT2D eigenvalue weighted by molar-refractivity contribution is 5.77. The van der Waals surface area contributed by atoms with Gasteiger partial charge >= 0.3 is 0 Å². The van der Waals surface area contributed by atoms with E-state index in [1.807, 2.05) is 18.2 Å². The van der Waals surface area contributed by atoms with Gasteiger partial charge in [-0.05, 0) is 44.9 Å². The van der Waals surface area contributed by atoms with Crippen LogP contribution in [0.4, 0.5) is 0 Å². The van der Waals surface area contributed by atoms with Gasteiger partial charge in [-0.15, -0.1) is 0 Å². The quantitative estimate of drug-likeness (QED) is 0.580. The first-order valence-electron chi connectivity index (χ1n) is 9.86. The SMILES string of the molecule is CC(C)(O)c1ncc(-c2ccc3nc4n(c3n2)[C@@](C)(c2ccccc2)CC4)cn1. The molecule has 1 atom stereocenters. The van der Waals surface area contributed by atoms with Gasteiger partial charge in [0.25, 0.3) is 0 Å². The normalized spacial score (nSPS) is 18.9. The first kappa shape index (κ1) is 17.9. The van der Waals surface area contributed by atoms with Gasteiger partial charge in [-0.1, -0.05) is 30.3 Å². The smallest absolute Gasteiger partial charge is 0.161 e. The zero-order chi connectivity index (χ0) is 20.2. The van der Waals surface area contributed by atoms with Crippen molar-refractivity contribution in [3.05, 3.63) is 72.1 Å². The van der Waals surface area contributed by atoms with Crippen LogP contribution in [0.2, 0.25) is 0 Å². The van der Waals surface area contributed by atoms with Gasteiger partial charge in [-0.2, -0.15) is 0 Å². The number of fused-ring (bicyclic) bond motifs is 3. The van der Waals surface area contributed by atoms with E-state index in [0.717, 1.165) is 41.1 Å². The van der Waals surface area contributed by atoms with Crippen molar-refractivity contribution in [2.45, 2.75) is 44.8 Å². The molecule has 0 amide bonds. The summed E-state index contributed by atoms with van der Waals surface area (Å²) in [5.41, 5.74) is 3.42. The second-order valence-corrected chi connectivity index (χ2v) is 8.40. The average Bonchev–Trinajstić information content (AvgIpc) is 3.26. The number of imidazole rings is 1. The topological polar surface area (TPSA) is 76.7 Å². The number of aryl methyl sites for hydroxylation is 1. The largest absolute Gasteiger partial charge is 0.382 e. The summed E-state index contributed by atoms with van der Waals surface area (Å²) in [7, 11) is 0. The molecule has 1 aliphatic rings. The highest BCUT2D eigenvalue weighted by atomic mass is 16.3. The molecule has 0 saturated heterocycles. The van der Waals surface area contributed by atoms with E-state index in [1.54, 1.807) is 26.2 Å². The number of aliphatic hydroxyl groups is 1. The Hall–Kier alpha value is -3.12. The molecule has 0 fully saturated rings. The Balaban J connectivity index is 1.63. The van der Waals surface area contributed by atoms with Crippen LogP contribution in [0.25, 0.3) is 22.4 Å². The number of pyridine rings is 1. The molecule has 1 N–H and O–H groups in total. The Morgan fingerprint density at radius 3 is 2.41 bits per heavy atom. The summed E-state index contributed by atoms with van der Waals surface area (Å²) in [6.07, 6.45) is 5.36. The summed E-state index contributed by atoms with van der Waals surface area (Å²) in [4.78, 5) is 18.4. The second-order valence-electron chi connectivity index (χ2n) is 8.40. The fourth-order valence-corrected chi connectivity index (χ4v) is 4.17. The molecule has 0 spiro atoms. The minimum atomic E-state index is -1.07. The summed E-state index contributed by atoms with van der Waals surface area (Å²) < 4.78 is 2.28. The zero-order valence-electron chi connectivity index (χ0n) is 16.8. The first-order chi connectivity index (χ1) is 13.9. The lowest BCUT2D eigenvalue weighted by Crippen LogP contribution is -2.27. The predicted molar refractivity (Wildman–Crippen MR) is 111 cm³/mol. The molecule has 0 aliphatic carbocycles. The van der Waals surface area contributed by atoms with Crippen molar-refractivity contribution in [3.8, 4) is 11.3 Å². The van der Waals surface area contributed by atoms with Crippen molar-refractivity contribution in [1.29, 1.82) is 0 Å². The fourth-order valence-electron chi connectivity index (χ4n) is 4.17. The maximum atomic E-state index is 10.1. The average molecular weight is 385 g/mol. The van der Waals surface area contributed by atoms with Crippen molar-refractivity contribution in [2.24, 2.45) is 0 Å². The first-order valence-corrected chi connectivity index (χ1v) is 9.86. The Kier molecular flexibility index (Phi) is 3.83. The van der Waals surface area contributed by atoms with Crippen LogP contribution < -0.4 is 0 Å². The Bertz CT molecular complexity index is 1190. The van der Waals surface area contributed by atoms with Crippen molar-refractivity contribution >= 4 is 11.2 Å². The van der Waals surface area contributed by atoms with Crippen LogP contribution in [-0.4, -0.2) is 29.6 Å². The summed E-state index contributed by atoms with van der Waals surface area (Å²) in [5, 5.41) is 10.1. The lowest BCUT2D eigenvalue weighted by atomic mass is 9.90. The molecule has 1 aliphatic heterocycles. The lowest BCUT2D eigenvalue weighted by Gasteiger charge is -2.28. The Morgan fingerprint density at radius 2 is 1.72 bits per heavy atom. The number of nitrogens with zero attached hydrogens (tertiary/aromatic N) is 5. The highest BCUT2D eigenvalue weighted by Crippen LogP contribution is 2.40. The molecule has 0 unspecified atom stereocenters. The monoisotopic (exact) mass is 385 g/mol. The van der Waals surface area contributed by atoms with E-state index in [4.69, 9.17) is 9.97 Å². The van der Waals surface area contributed by atoms with Gasteiger partial charge in [-0.3, -0.25) is 0 Å². The van der Waals surface area contributed by atoms with Crippen LogP contribution in [0.15, 0.2) is 54.9 Å². The van der Waals surface area contributed by atoms with Crippen LogP contribution in [0.1, 0.15) is 44.4 Å². The van der Waals surface area contributed by atoms with E-state index >= 15 is 0 Å². The zero-order valence-corrected chi connectivity index (χ0v) is 16.8. The lowest BCUT2D eigenvalue weighted by molar-refractivity contribution is 0.0687. The van der Waals surface area contributed by atoms with Gasteiger partial charge in [0, 0.05) is 24.4 Å². The van der Waals surface area contributed by atoms with Crippen LogP contribution in [0.5, 0.6) is 0 Å². The van der Waals surface area contributed by atoms with Gasteiger partial charge in [0.1, 0.15) is 16.9 Å². The van der Waals surface area contributed by atoms with E-state index in [-0.39, 0.29) is 5.54 Å². The molecule has 6 nitrogen and oxygen atoms in total. The van der Waals surface area contributed by atoms with Crippen molar-refractivity contribution in [2.75, 3.05) is 0 Å². The molecular weight excluding hydrogens is 362 g/mol. The van der Waals surface area contributed by atoms with Crippen molar-refractivity contribution < 1.29 is 5.11 Å². The van der Waals surface area contributed by atoms with Crippen LogP contribution in [0, 0.1) is 0 Å². The third-order valence-corrected chi connectivity index (χ3v) is 5.79. The summed E-state index contributed by atoms with van der Waals surface area (Å²) in [6.45, 7) is 5.61. The predicted octanol–water partition coefficient (Wildman–Crippen LogP) is 3.83.